The van der Waals surface area contributed by atoms with Crippen LogP contribution < -0.4 is 0 Å². The number of methoxy groups -OCH3 is 1. The van der Waals surface area contributed by atoms with E-state index >= 15 is 0 Å². The van der Waals surface area contributed by atoms with Gasteiger partial charge in [0.15, 0.2) is 0 Å². The van der Waals surface area contributed by atoms with Gasteiger partial charge in [0.25, 0.3) is 0 Å². The van der Waals surface area contributed by atoms with Crippen LogP contribution in [0.3, 0.4) is 0 Å². The van der Waals surface area contributed by atoms with Crippen molar-refractivity contribution in [3.8, 4) is 11.5 Å². The zero-order valence-electron chi connectivity index (χ0n) is 18.9. The fourth-order valence-corrected chi connectivity index (χ4v) is 5.11. The average Bonchev–Trinajstić information content (AvgIpc) is 3.30. The fraction of sp³-hybridized carbons (Fsp3) is 0.542. The molecule has 31 heavy (non-hydrogen) atoms. The molecule has 1 fully saturated rings. The van der Waals surface area contributed by atoms with Gasteiger partial charge in [0.05, 0.1) is 18.4 Å². The number of ether oxygens (including phenoxy) is 2. The number of oxazole rings is 1. The molecule has 0 saturated heterocycles. The van der Waals surface area contributed by atoms with Crippen LogP contribution in [0.15, 0.2) is 28.7 Å². The van der Waals surface area contributed by atoms with Crippen molar-refractivity contribution >= 4 is 23.7 Å². The van der Waals surface area contributed by atoms with Gasteiger partial charge < -0.3 is 13.9 Å². The number of rotatable bonds is 7. The topological polar surface area (TPSA) is 78.6 Å². The Morgan fingerprint density at radius 3 is 2.55 bits per heavy atom. The molecule has 1 aromatic heterocycles. The van der Waals surface area contributed by atoms with E-state index in [1.54, 1.807) is 12.1 Å². The number of aryl methyl sites for hydroxylation is 1. The summed E-state index contributed by atoms with van der Waals surface area (Å²) in [5, 5.41) is 0.520. The van der Waals surface area contributed by atoms with Crippen LogP contribution in [0.4, 0.5) is 0 Å². The van der Waals surface area contributed by atoms with Gasteiger partial charge in [-0.05, 0) is 77.1 Å². The van der Waals surface area contributed by atoms with Gasteiger partial charge in [-0.2, -0.15) is 11.8 Å². The number of benzene rings is 1. The molecule has 1 saturated carbocycles. The summed E-state index contributed by atoms with van der Waals surface area (Å²) in [6, 6.07) is 7.04. The van der Waals surface area contributed by atoms with Gasteiger partial charge in [0.1, 0.15) is 11.4 Å². The standard InChI is InChI=1S/C24H31NO5S/c1-15-20(25-22(29-15)17-7-9-18(10-8-17)23(27)28-5)14-31-19-11-6-16(12-19)13-21(26)30-24(2,3)4/h7-10,16,19H,6,11-14H2,1-5H3/t16-,19-/m0/s1. The van der Waals surface area contributed by atoms with E-state index in [4.69, 9.17) is 13.9 Å². The molecule has 0 spiro atoms. The molecule has 1 aromatic carbocycles. The maximum atomic E-state index is 12.1. The Kier molecular flexibility index (Phi) is 7.46. The normalized spacial score (nSPS) is 18.7. The molecule has 6 nitrogen and oxygen atoms in total. The van der Waals surface area contributed by atoms with Crippen molar-refractivity contribution in [1.82, 2.24) is 4.98 Å². The van der Waals surface area contributed by atoms with E-state index in [-0.39, 0.29) is 11.9 Å². The first kappa shape index (κ1) is 23.4. The first-order valence-electron chi connectivity index (χ1n) is 10.6. The van der Waals surface area contributed by atoms with Gasteiger partial charge in [0, 0.05) is 23.0 Å². The maximum Gasteiger partial charge on any atom is 0.337 e. The van der Waals surface area contributed by atoms with Crippen molar-refractivity contribution in [1.29, 1.82) is 0 Å². The molecular formula is C24H31NO5S. The SMILES string of the molecule is COC(=O)c1ccc(-c2nc(CS[C@H]3CC[C@H](CC(=O)OC(C)(C)C)C3)c(C)o2)cc1. The number of carbonyl (C=O) groups is 2. The molecule has 168 valence electrons. The van der Waals surface area contributed by atoms with Crippen molar-refractivity contribution in [3.05, 3.63) is 41.3 Å². The van der Waals surface area contributed by atoms with E-state index in [0.29, 0.717) is 29.0 Å². The first-order chi connectivity index (χ1) is 14.6. The van der Waals surface area contributed by atoms with Gasteiger partial charge >= 0.3 is 11.9 Å². The Morgan fingerprint density at radius 2 is 1.90 bits per heavy atom. The molecule has 0 radical (unpaired) electrons. The molecule has 0 bridgehead atoms. The van der Waals surface area contributed by atoms with Gasteiger partial charge in [-0.15, -0.1) is 0 Å². The third-order valence-electron chi connectivity index (χ3n) is 5.27. The van der Waals surface area contributed by atoms with E-state index < -0.39 is 5.60 Å². The van der Waals surface area contributed by atoms with Gasteiger partial charge in [-0.25, -0.2) is 9.78 Å². The third kappa shape index (κ3) is 6.60. The third-order valence-corrected chi connectivity index (χ3v) is 6.61. The second-order valence-electron chi connectivity index (χ2n) is 8.99. The van der Waals surface area contributed by atoms with Crippen LogP contribution >= 0.6 is 11.8 Å². The molecule has 1 aliphatic rings. The molecule has 0 aliphatic heterocycles. The zero-order chi connectivity index (χ0) is 22.6. The molecule has 0 amide bonds. The molecule has 2 atom stereocenters. The molecule has 1 aliphatic carbocycles. The molecule has 1 heterocycles. The largest absolute Gasteiger partial charge is 0.465 e. The summed E-state index contributed by atoms with van der Waals surface area (Å²) in [6.07, 6.45) is 3.70. The highest BCUT2D eigenvalue weighted by Gasteiger charge is 2.29. The Morgan fingerprint density at radius 1 is 1.19 bits per heavy atom. The van der Waals surface area contributed by atoms with Crippen molar-refractivity contribution in [2.45, 2.75) is 70.0 Å². The lowest BCUT2D eigenvalue weighted by molar-refractivity contribution is -0.155. The monoisotopic (exact) mass is 445 g/mol. The van der Waals surface area contributed by atoms with E-state index in [1.807, 2.05) is 51.6 Å². The summed E-state index contributed by atoms with van der Waals surface area (Å²) >= 11 is 1.88. The van der Waals surface area contributed by atoms with Crippen molar-refractivity contribution < 1.29 is 23.5 Å². The smallest absolute Gasteiger partial charge is 0.337 e. The number of carbonyl (C=O) groups excluding carboxylic acids is 2. The summed E-state index contributed by atoms with van der Waals surface area (Å²) in [5.41, 5.74) is 1.83. The van der Waals surface area contributed by atoms with Crippen molar-refractivity contribution in [2.75, 3.05) is 7.11 Å². The highest BCUT2D eigenvalue weighted by atomic mass is 32.2. The van der Waals surface area contributed by atoms with Crippen LogP contribution in [0.2, 0.25) is 0 Å². The van der Waals surface area contributed by atoms with Crippen LogP contribution in [0.25, 0.3) is 11.5 Å². The maximum absolute atomic E-state index is 12.1. The lowest BCUT2D eigenvalue weighted by Gasteiger charge is -2.20. The van der Waals surface area contributed by atoms with Gasteiger partial charge in [0.2, 0.25) is 5.89 Å². The number of hydrogen-bond acceptors (Lipinski definition) is 7. The lowest BCUT2D eigenvalue weighted by atomic mass is 10.0. The van der Waals surface area contributed by atoms with E-state index in [1.165, 1.54) is 7.11 Å². The van der Waals surface area contributed by atoms with Crippen molar-refractivity contribution in [2.24, 2.45) is 5.92 Å². The minimum Gasteiger partial charge on any atom is -0.465 e. The van der Waals surface area contributed by atoms with E-state index in [0.717, 1.165) is 42.0 Å². The highest BCUT2D eigenvalue weighted by Crippen LogP contribution is 2.38. The minimum atomic E-state index is -0.425. The lowest BCUT2D eigenvalue weighted by Crippen LogP contribution is -2.25. The van der Waals surface area contributed by atoms with E-state index in [2.05, 4.69) is 4.98 Å². The summed E-state index contributed by atoms with van der Waals surface area (Å²) in [4.78, 5) is 28.3. The second-order valence-corrected chi connectivity index (χ2v) is 10.3. The highest BCUT2D eigenvalue weighted by molar-refractivity contribution is 7.99. The number of esters is 2. The summed E-state index contributed by atoms with van der Waals surface area (Å²) < 4.78 is 16.0. The number of hydrogen-bond donors (Lipinski definition) is 0. The zero-order valence-corrected chi connectivity index (χ0v) is 19.7. The summed E-state index contributed by atoms with van der Waals surface area (Å²) in [6.45, 7) is 7.63. The summed E-state index contributed by atoms with van der Waals surface area (Å²) in [5.74, 6) is 2.07. The number of aromatic nitrogens is 1. The van der Waals surface area contributed by atoms with Gasteiger partial charge in [-0.1, -0.05) is 0 Å². The Balaban J connectivity index is 1.52. The first-order valence-corrected chi connectivity index (χ1v) is 11.7. The Hall–Kier alpha value is -2.28. The molecule has 7 heteroatoms. The van der Waals surface area contributed by atoms with E-state index in [9.17, 15) is 9.59 Å². The minimum absolute atomic E-state index is 0.0987. The molecule has 0 N–H and O–H groups in total. The molecule has 3 rings (SSSR count). The molecular weight excluding hydrogens is 414 g/mol. The predicted octanol–water partition coefficient (Wildman–Crippen LogP) is 5.57. The van der Waals surface area contributed by atoms with Crippen LogP contribution in [-0.4, -0.2) is 34.9 Å². The van der Waals surface area contributed by atoms with Crippen LogP contribution in [0.5, 0.6) is 0 Å². The molecule has 2 aromatic rings. The summed E-state index contributed by atoms with van der Waals surface area (Å²) in [7, 11) is 1.36. The molecule has 0 unspecified atom stereocenters. The Bertz CT molecular complexity index is 913. The predicted molar refractivity (Wildman–Crippen MR) is 121 cm³/mol. The quantitative estimate of drug-likeness (QED) is 0.515. The van der Waals surface area contributed by atoms with Crippen LogP contribution in [0.1, 0.15) is 68.3 Å². The number of thioether (sulfide) groups is 1. The number of nitrogens with zero attached hydrogens (tertiary/aromatic N) is 1. The second kappa shape index (κ2) is 9.90. The van der Waals surface area contributed by atoms with Crippen LogP contribution in [-0.2, 0) is 20.0 Å². The van der Waals surface area contributed by atoms with Crippen LogP contribution in [0, 0.1) is 12.8 Å². The Labute approximate surface area is 188 Å². The average molecular weight is 446 g/mol. The van der Waals surface area contributed by atoms with Gasteiger partial charge in [-0.3, -0.25) is 4.79 Å². The fourth-order valence-electron chi connectivity index (χ4n) is 3.73. The van der Waals surface area contributed by atoms with Crippen molar-refractivity contribution in [3.63, 3.8) is 0 Å².